The van der Waals surface area contributed by atoms with Crippen LogP contribution in [0.15, 0.2) is 60.7 Å². The van der Waals surface area contributed by atoms with Crippen LogP contribution in [0.25, 0.3) is 0 Å². The number of thiocarbonyl (C=S) groups is 1. The van der Waals surface area contributed by atoms with Crippen LogP contribution >= 0.6 is 24.0 Å². The van der Waals surface area contributed by atoms with Crippen molar-refractivity contribution >= 4 is 28.3 Å². The van der Waals surface area contributed by atoms with Gasteiger partial charge in [-0.25, -0.2) is 0 Å². The Bertz CT molecular complexity index is 922. The fourth-order valence-corrected chi connectivity index (χ4v) is 3.77. The molecule has 14 heteroatoms. The van der Waals surface area contributed by atoms with Gasteiger partial charge in [-0.3, -0.25) is 0 Å². The van der Waals surface area contributed by atoms with Gasteiger partial charge < -0.3 is 4.90 Å². The highest BCUT2D eigenvalue weighted by molar-refractivity contribution is 8.23. The number of hydrogen-bond acceptors (Lipinski definition) is 2. The zero-order chi connectivity index (χ0) is 26.0. The van der Waals surface area contributed by atoms with Crippen molar-refractivity contribution in [2.45, 2.75) is 42.3 Å². The number of hydrogen-bond donors (Lipinski definition) is 0. The van der Waals surface area contributed by atoms with Crippen molar-refractivity contribution in [3.05, 3.63) is 71.8 Å². The molecule has 0 aliphatic rings. The Kier molecular flexibility index (Phi) is 8.18. The van der Waals surface area contributed by atoms with Gasteiger partial charge in [0.05, 0.1) is 0 Å². The molecule has 0 N–H and O–H groups in total. The highest BCUT2D eigenvalue weighted by Crippen LogP contribution is 2.60. The minimum atomic E-state index is -7.48. The summed E-state index contributed by atoms with van der Waals surface area (Å²) in [7, 11) is 0. The van der Waals surface area contributed by atoms with Gasteiger partial charge in [-0.05, 0) is 22.9 Å². The van der Waals surface area contributed by atoms with Crippen LogP contribution in [0.1, 0.15) is 11.1 Å². The van der Waals surface area contributed by atoms with Crippen molar-refractivity contribution in [2.24, 2.45) is 0 Å². The molecule has 34 heavy (non-hydrogen) atoms. The lowest BCUT2D eigenvalue weighted by molar-refractivity contribution is -0.412. The SMILES string of the molecule is FC(F)(F)C(F)(F)C(F)(F)C(F)(F)C(F)(F)SC(=S)N(Cc1ccccc1)Cc1ccccc1. The van der Waals surface area contributed by atoms with E-state index in [0.717, 1.165) is 4.90 Å². The predicted molar refractivity (Wildman–Crippen MR) is 108 cm³/mol. The molecule has 0 aliphatic heterocycles. The lowest BCUT2D eigenvalue weighted by atomic mass is 10.0. The number of rotatable bonds is 8. The Hall–Kier alpha value is -2.09. The molecule has 0 fully saturated rings. The van der Waals surface area contributed by atoms with E-state index in [9.17, 15) is 48.3 Å². The highest BCUT2D eigenvalue weighted by Gasteiger charge is 2.87. The summed E-state index contributed by atoms with van der Waals surface area (Å²) in [6, 6.07) is 15.5. The first-order valence-electron chi connectivity index (χ1n) is 9.08. The van der Waals surface area contributed by atoms with Crippen LogP contribution in [0.3, 0.4) is 0 Å². The predicted octanol–water partition coefficient (Wildman–Crippen LogP) is 7.77. The molecule has 0 radical (unpaired) electrons. The molecule has 0 bridgehead atoms. The van der Waals surface area contributed by atoms with Crippen molar-refractivity contribution in [3.8, 4) is 0 Å². The van der Waals surface area contributed by atoms with Gasteiger partial charge >= 0.3 is 29.2 Å². The first kappa shape index (κ1) is 28.1. The van der Waals surface area contributed by atoms with Crippen molar-refractivity contribution in [1.29, 1.82) is 0 Å². The first-order chi connectivity index (χ1) is 15.4. The van der Waals surface area contributed by atoms with Crippen LogP contribution < -0.4 is 0 Å². The van der Waals surface area contributed by atoms with Crippen LogP contribution in [0.5, 0.6) is 0 Å². The number of thioether (sulfide) groups is 1. The Morgan fingerprint density at radius 2 is 1.00 bits per heavy atom. The molecule has 0 saturated heterocycles. The second-order valence-electron chi connectivity index (χ2n) is 6.93. The molecule has 188 valence electrons. The maximum atomic E-state index is 14.2. The van der Waals surface area contributed by atoms with Crippen LogP contribution in [-0.2, 0) is 13.1 Å². The van der Waals surface area contributed by atoms with E-state index in [2.05, 4.69) is 0 Å². The summed E-state index contributed by atoms with van der Waals surface area (Å²) in [5.74, 6) is -22.0. The molecule has 0 heterocycles. The lowest BCUT2D eigenvalue weighted by Crippen LogP contribution is -2.65. The molecular formula is C20H14F11NS2. The van der Waals surface area contributed by atoms with E-state index in [1.807, 2.05) is 0 Å². The summed E-state index contributed by atoms with van der Waals surface area (Å²) in [6.45, 7) is -0.559. The van der Waals surface area contributed by atoms with E-state index < -0.39 is 45.3 Å². The number of halogens is 11. The Morgan fingerprint density at radius 3 is 1.35 bits per heavy atom. The van der Waals surface area contributed by atoms with Gasteiger partial charge in [0, 0.05) is 13.1 Å². The topological polar surface area (TPSA) is 3.24 Å². The molecule has 0 aromatic heterocycles. The van der Waals surface area contributed by atoms with E-state index in [-0.39, 0.29) is 13.1 Å². The zero-order valence-electron chi connectivity index (χ0n) is 16.6. The maximum absolute atomic E-state index is 14.2. The van der Waals surface area contributed by atoms with Gasteiger partial charge in [-0.15, -0.1) is 0 Å². The van der Waals surface area contributed by atoms with Crippen molar-refractivity contribution in [1.82, 2.24) is 4.90 Å². The minimum absolute atomic E-state index is 0.279. The third kappa shape index (κ3) is 5.58. The number of nitrogens with zero attached hydrogens (tertiary/aromatic N) is 1. The monoisotopic (exact) mass is 541 g/mol. The summed E-state index contributed by atoms with van der Waals surface area (Å²) < 4.78 is 145. The average Bonchev–Trinajstić information content (AvgIpc) is 2.73. The molecule has 2 aromatic rings. The molecule has 0 amide bonds. The second kappa shape index (κ2) is 9.88. The number of alkyl halides is 11. The van der Waals surface area contributed by atoms with Gasteiger partial charge in [0.2, 0.25) is 0 Å². The van der Waals surface area contributed by atoms with E-state index in [1.165, 1.54) is 24.3 Å². The molecule has 2 rings (SSSR count). The van der Waals surface area contributed by atoms with Gasteiger partial charge in [0.15, 0.2) is 0 Å². The van der Waals surface area contributed by atoms with Gasteiger partial charge in [-0.2, -0.15) is 48.3 Å². The fourth-order valence-electron chi connectivity index (χ4n) is 2.59. The Labute approximate surface area is 195 Å². The van der Waals surface area contributed by atoms with Crippen LogP contribution in [-0.4, -0.2) is 38.4 Å². The second-order valence-corrected chi connectivity index (χ2v) is 8.68. The van der Waals surface area contributed by atoms with Gasteiger partial charge in [0.1, 0.15) is 4.32 Å². The first-order valence-corrected chi connectivity index (χ1v) is 10.3. The molecule has 0 unspecified atom stereocenters. The zero-order valence-corrected chi connectivity index (χ0v) is 18.2. The molecule has 0 saturated carbocycles. The highest BCUT2D eigenvalue weighted by atomic mass is 32.2. The Morgan fingerprint density at radius 1 is 0.618 bits per heavy atom. The maximum Gasteiger partial charge on any atom is 0.460 e. The largest absolute Gasteiger partial charge is 0.460 e. The van der Waals surface area contributed by atoms with E-state index in [0.29, 0.717) is 11.1 Å². The minimum Gasteiger partial charge on any atom is -0.349 e. The van der Waals surface area contributed by atoms with Crippen LogP contribution in [0, 0.1) is 0 Å². The molecule has 0 spiro atoms. The van der Waals surface area contributed by atoms with E-state index in [4.69, 9.17) is 12.2 Å². The van der Waals surface area contributed by atoms with Crippen molar-refractivity contribution < 1.29 is 48.3 Å². The molecular weight excluding hydrogens is 527 g/mol. The lowest BCUT2D eigenvalue weighted by Gasteiger charge is -2.37. The summed E-state index contributed by atoms with van der Waals surface area (Å²) >= 11 is 3.30. The van der Waals surface area contributed by atoms with E-state index in [1.54, 1.807) is 36.4 Å². The van der Waals surface area contributed by atoms with Crippen molar-refractivity contribution in [3.63, 3.8) is 0 Å². The normalized spacial score (nSPS) is 13.6. The third-order valence-electron chi connectivity index (χ3n) is 4.42. The van der Waals surface area contributed by atoms with Crippen LogP contribution in [0.4, 0.5) is 48.3 Å². The van der Waals surface area contributed by atoms with E-state index >= 15 is 0 Å². The quantitative estimate of drug-likeness (QED) is 0.248. The average molecular weight is 541 g/mol. The fraction of sp³-hybridized carbons (Fsp3) is 0.350. The summed E-state index contributed by atoms with van der Waals surface area (Å²) in [5, 5.41) is -6.13. The Balaban J connectivity index is 2.36. The van der Waals surface area contributed by atoms with Gasteiger partial charge in [0.25, 0.3) is 0 Å². The number of benzene rings is 2. The van der Waals surface area contributed by atoms with Gasteiger partial charge in [-0.1, -0.05) is 72.9 Å². The summed E-state index contributed by atoms with van der Waals surface area (Å²) in [4.78, 5) is 0.898. The summed E-state index contributed by atoms with van der Waals surface area (Å²) in [5.41, 5.74) is 0.871. The molecule has 0 aliphatic carbocycles. The smallest absolute Gasteiger partial charge is 0.349 e. The van der Waals surface area contributed by atoms with Crippen LogP contribution in [0.2, 0.25) is 0 Å². The third-order valence-corrected chi connectivity index (χ3v) is 5.87. The molecule has 0 atom stereocenters. The molecule has 1 nitrogen and oxygen atoms in total. The summed E-state index contributed by atoms with van der Waals surface area (Å²) in [6.07, 6.45) is -7.21. The standard InChI is InChI=1S/C20H14F11NS2/c21-16(22,17(23,24)19(27,28)29)18(25,26)20(30,31)34-15(33)32(11-13-7-3-1-4-8-13)12-14-9-5-2-6-10-14/h1-10H,11-12H2. The van der Waals surface area contributed by atoms with Crippen molar-refractivity contribution in [2.75, 3.05) is 0 Å². The molecule has 2 aromatic carbocycles.